The number of hydrogen-bond donors (Lipinski definition) is 1. The van der Waals surface area contributed by atoms with E-state index in [1.165, 1.54) is 14.2 Å². The van der Waals surface area contributed by atoms with E-state index in [0.29, 0.717) is 31.0 Å². The number of nitrogens with zero attached hydrogens (tertiary/aromatic N) is 1. The number of carbonyl (C=O) groups is 3. The van der Waals surface area contributed by atoms with Gasteiger partial charge in [-0.25, -0.2) is 4.79 Å². The summed E-state index contributed by atoms with van der Waals surface area (Å²) in [6, 6.07) is 1.11. The van der Waals surface area contributed by atoms with Crippen molar-refractivity contribution in [3.63, 3.8) is 0 Å². The van der Waals surface area contributed by atoms with E-state index in [4.69, 9.17) is 4.42 Å². The van der Waals surface area contributed by atoms with Gasteiger partial charge in [0.25, 0.3) is 0 Å². The Labute approximate surface area is 133 Å². The molecular formula is C15H20N2O6. The first-order valence-corrected chi connectivity index (χ1v) is 7.22. The molecule has 1 aromatic rings. The highest BCUT2D eigenvalue weighted by molar-refractivity contribution is 5.88. The first kappa shape index (κ1) is 17.0. The van der Waals surface area contributed by atoms with Gasteiger partial charge in [-0.05, 0) is 13.0 Å². The Morgan fingerprint density at radius 2 is 2.13 bits per heavy atom. The molecule has 8 nitrogen and oxygen atoms in total. The first-order chi connectivity index (χ1) is 11.0. The number of nitrogens with one attached hydrogen (secondary N) is 1. The van der Waals surface area contributed by atoms with Crippen LogP contribution >= 0.6 is 0 Å². The lowest BCUT2D eigenvalue weighted by atomic mass is 10.1. The molecule has 0 aliphatic carbocycles. The van der Waals surface area contributed by atoms with Crippen LogP contribution in [0.5, 0.6) is 0 Å². The molecule has 0 radical (unpaired) electrons. The van der Waals surface area contributed by atoms with Gasteiger partial charge in [0.2, 0.25) is 11.7 Å². The van der Waals surface area contributed by atoms with E-state index < -0.39 is 18.0 Å². The number of rotatable bonds is 5. The predicted octanol–water partition coefficient (Wildman–Crippen LogP) is 0.238. The topological polar surface area (TPSA) is 98.1 Å². The second kappa shape index (κ2) is 7.28. The third kappa shape index (κ3) is 3.89. The highest BCUT2D eigenvalue weighted by Crippen LogP contribution is 2.20. The van der Waals surface area contributed by atoms with Gasteiger partial charge >= 0.3 is 11.9 Å². The maximum atomic E-state index is 12.0. The predicted molar refractivity (Wildman–Crippen MR) is 78.6 cm³/mol. The smallest absolute Gasteiger partial charge is 0.374 e. The molecule has 1 amide bonds. The van der Waals surface area contributed by atoms with Crippen molar-refractivity contribution in [2.75, 3.05) is 27.3 Å². The Morgan fingerprint density at radius 3 is 2.78 bits per heavy atom. The number of ether oxygens (including phenoxy) is 2. The summed E-state index contributed by atoms with van der Waals surface area (Å²) in [6.45, 7) is 3.11. The summed E-state index contributed by atoms with van der Waals surface area (Å²) in [5.41, 5.74) is 0.665. The maximum Gasteiger partial charge on any atom is 0.374 e. The van der Waals surface area contributed by atoms with E-state index in [1.807, 2.05) is 4.90 Å². The fraction of sp³-hybridized carbons (Fsp3) is 0.533. The van der Waals surface area contributed by atoms with Crippen molar-refractivity contribution in [3.8, 4) is 0 Å². The lowest BCUT2D eigenvalue weighted by molar-refractivity contribution is -0.146. The van der Waals surface area contributed by atoms with Crippen molar-refractivity contribution in [1.82, 2.24) is 10.2 Å². The molecule has 0 aromatic carbocycles. The molecule has 1 N–H and O–H groups in total. The second-order valence-electron chi connectivity index (χ2n) is 5.27. The van der Waals surface area contributed by atoms with Crippen LogP contribution in [0.3, 0.4) is 0 Å². The number of carbonyl (C=O) groups excluding carboxylic acids is 3. The molecule has 0 saturated carbocycles. The summed E-state index contributed by atoms with van der Waals surface area (Å²) in [5, 5.41) is 2.73. The zero-order valence-corrected chi connectivity index (χ0v) is 13.4. The van der Waals surface area contributed by atoms with Crippen LogP contribution in [-0.4, -0.2) is 56.1 Å². The lowest BCUT2D eigenvalue weighted by Gasteiger charge is -2.33. The third-order valence-corrected chi connectivity index (χ3v) is 3.73. The Hall–Kier alpha value is -2.35. The quantitative estimate of drug-likeness (QED) is 0.775. The summed E-state index contributed by atoms with van der Waals surface area (Å²) < 4.78 is 14.8. The monoisotopic (exact) mass is 324 g/mol. The second-order valence-corrected chi connectivity index (χ2v) is 5.27. The first-order valence-electron chi connectivity index (χ1n) is 7.22. The van der Waals surface area contributed by atoms with Crippen LogP contribution in [0.4, 0.5) is 0 Å². The van der Waals surface area contributed by atoms with Gasteiger partial charge in [-0.3, -0.25) is 14.5 Å². The molecule has 23 heavy (non-hydrogen) atoms. The van der Waals surface area contributed by atoms with Crippen molar-refractivity contribution in [2.45, 2.75) is 25.9 Å². The van der Waals surface area contributed by atoms with Gasteiger partial charge in [0.15, 0.2) is 0 Å². The molecule has 1 unspecified atom stereocenters. The summed E-state index contributed by atoms with van der Waals surface area (Å²) in [5.74, 6) is -0.543. The van der Waals surface area contributed by atoms with E-state index in [-0.39, 0.29) is 18.1 Å². The number of esters is 2. The van der Waals surface area contributed by atoms with Crippen LogP contribution in [0.15, 0.2) is 10.5 Å². The normalized spacial score (nSPS) is 18.4. The van der Waals surface area contributed by atoms with Crippen LogP contribution in [0.25, 0.3) is 0 Å². The number of amides is 1. The molecule has 0 spiro atoms. The molecule has 2 rings (SSSR count). The van der Waals surface area contributed by atoms with Gasteiger partial charge in [0, 0.05) is 18.7 Å². The van der Waals surface area contributed by atoms with Gasteiger partial charge in [-0.2, -0.15) is 0 Å². The Bertz CT molecular complexity index is 609. The largest absolute Gasteiger partial charge is 0.469 e. The van der Waals surface area contributed by atoms with Crippen molar-refractivity contribution < 1.29 is 28.3 Å². The van der Waals surface area contributed by atoms with Gasteiger partial charge in [-0.15, -0.1) is 0 Å². The van der Waals surface area contributed by atoms with E-state index in [2.05, 4.69) is 14.8 Å². The molecule has 0 bridgehead atoms. The van der Waals surface area contributed by atoms with Crippen molar-refractivity contribution in [2.24, 2.45) is 0 Å². The zero-order valence-electron chi connectivity index (χ0n) is 13.4. The minimum atomic E-state index is -0.622. The minimum absolute atomic E-state index is 0.0358. The number of aryl methyl sites for hydroxylation is 1. The summed E-state index contributed by atoms with van der Waals surface area (Å²) >= 11 is 0. The molecular weight excluding hydrogens is 304 g/mol. The standard InChI is InChI=1S/C15H20N2O6/c1-9-6-10(23-13(9)15(20)22-3)8-17-5-4-16-14(19)11(17)7-12(18)21-2/h6,11H,4-5,7-8H2,1-3H3,(H,16,19). The Kier molecular flexibility index (Phi) is 5.38. The molecule has 1 aromatic heterocycles. The highest BCUT2D eigenvalue weighted by atomic mass is 16.5. The molecule has 8 heteroatoms. The van der Waals surface area contributed by atoms with E-state index in [9.17, 15) is 14.4 Å². The summed E-state index contributed by atoms with van der Waals surface area (Å²) in [7, 11) is 2.57. The third-order valence-electron chi connectivity index (χ3n) is 3.73. The van der Waals surface area contributed by atoms with Crippen molar-refractivity contribution in [3.05, 3.63) is 23.2 Å². The Balaban J connectivity index is 2.14. The summed E-state index contributed by atoms with van der Waals surface area (Å²) in [6.07, 6.45) is -0.0358. The van der Waals surface area contributed by atoms with E-state index in [1.54, 1.807) is 13.0 Å². The number of furan rings is 1. The molecule has 2 heterocycles. The molecule has 1 aliphatic rings. The van der Waals surface area contributed by atoms with Crippen LogP contribution in [-0.2, 0) is 25.6 Å². The van der Waals surface area contributed by atoms with Gasteiger partial charge < -0.3 is 19.2 Å². The molecule has 126 valence electrons. The van der Waals surface area contributed by atoms with Gasteiger partial charge in [-0.1, -0.05) is 0 Å². The van der Waals surface area contributed by atoms with E-state index >= 15 is 0 Å². The minimum Gasteiger partial charge on any atom is -0.469 e. The van der Waals surface area contributed by atoms with Crippen LogP contribution in [0.2, 0.25) is 0 Å². The highest BCUT2D eigenvalue weighted by Gasteiger charge is 2.32. The van der Waals surface area contributed by atoms with E-state index in [0.717, 1.165) is 0 Å². The van der Waals surface area contributed by atoms with Gasteiger partial charge in [0.05, 0.1) is 27.2 Å². The van der Waals surface area contributed by atoms with Gasteiger partial charge in [0.1, 0.15) is 11.8 Å². The van der Waals surface area contributed by atoms with Crippen LogP contribution < -0.4 is 5.32 Å². The average Bonchev–Trinajstić information content (AvgIpc) is 2.90. The Morgan fingerprint density at radius 1 is 1.39 bits per heavy atom. The van der Waals surface area contributed by atoms with Crippen molar-refractivity contribution in [1.29, 1.82) is 0 Å². The number of piperazine rings is 1. The lowest BCUT2D eigenvalue weighted by Crippen LogP contribution is -2.55. The van der Waals surface area contributed by atoms with Crippen LogP contribution in [0.1, 0.15) is 28.3 Å². The fourth-order valence-corrected chi connectivity index (χ4v) is 2.54. The fourth-order valence-electron chi connectivity index (χ4n) is 2.54. The van der Waals surface area contributed by atoms with Crippen molar-refractivity contribution >= 4 is 17.8 Å². The molecule has 1 saturated heterocycles. The number of methoxy groups -OCH3 is 2. The molecule has 1 aliphatic heterocycles. The number of hydrogen-bond acceptors (Lipinski definition) is 7. The average molecular weight is 324 g/mol. The summed E-state index contributed by atoms with van der Waals surface area (Å²) in [4.78, 5) is 36.9. The molecule has 1 atom stereocenters. The SMILES string of the molecule is COC(=O)CC1C(=O)NCCN1Cc1cc(C)c(C(=O)OC)o1. The zero-order chi connectivity index (χ0) is 17.0. The molecule has 1 fully saturated rings. The maximum absolute atomic E-state index is 12.0. The van der Waals surface area contributed by atoms with Crippen LogP contribution in [0, 0.1) is 6.92 Å².